The van der Waals surface area contributed by atoms with Gasteiger partial charge in [-0.2, -0.15) is 0 Å². The molecule has 0 aromatic carbocycles. The molecule has 0 aromatic heterocycles. The molecule has 0 heterocycles. The second kappa shape index (κ2) is 5.67. The lowest BCUT2D eigenvalue weighted by molar-refractivity contribution is -0.129. The standard InChI is InChI=1S/C9H19N3O3/c1-5(4-6(10)13)8(14)7(9(11)15)12(2)3/h5,7-8,14H,4H2,1-3H3,(H2,10,13)(H2,11,15). The van der Waals surface area contributed by atoms with Crippen molar-refractivity contribution in [3.05, 3.63) is 0 Å². The Kier molecular flexibility index (Phi) is 5.24. The van der Waals surface area contributed by atoms with Crippen LogP contribution < -0.4 is 11.5 Å². The molecule has 3 atom stereocenters. The van der Waals surface area contributed by atoms with Crippen LogP contribution in [0, 0.1) is 5.92 Å². The van der Waals surface area contributed by atoms with Crippen LogP contribution in [0.2, 0.25) is 0 Å². The first-order valence-corrected chi connectivity index (χ1v) is 4.69. The highest BCUT2D eigenvalue weighted by molar-refractivity contribution is 5.80. The van der Waals surface area contributed by atoms with Gasteiger partial charge in [-0.3, -0.25) is 14.5 Å². The Morgan fingerprint density at radius 1 is 1.33 bits per heavy atom. The molecular weight excluding hydrogens is 198 g/mol. The topological polar surface area (TPSA) is 110 Å². The first-order chi connectivity index (χ1) is 6.77. The number of nitrogens with two attached hydrogens (primary N) is 2. The van der Waals surface area contributed by atoms with Gasteiger partial charge in [0.25, 0.3) is 0 Å². The predicted molar refractivity (Wildman–Crippen MR) is 55.7 cm³/mol. The fraction of sp³-hybridized carbons (Fsp3) is 0.778. The zero-order valence-corrected chi connectivity index (χ0v) is 9.30. The molecule has 15 heavy (non-hydrogen) atoms. The predicted octanol–water partition coefficient (Wildman–Crippen LogP) is -1.73. The van der Waals surface area contributed by atoms with Gasteiger partial charge in [0.15, 0.2) is 0 Å². The van der Waals surface area contributed by atoms with Crippen LogP contribution in [0.1, 0.15) is 13.3 Å². The molecule has 0 saturated carbocycles. The highest BCUT2D eigenvalue weighted by Gasteiger charge is 2.31. The number of likely N-dealkylation sites (N-methyl/N-ethyl adjacent to an activating group) is 1. The zero-order valence-electron chi connectivity index (χ0n) is 9.30. The Balaban J connectivity index is 4.55. The molecule has 3 unspecified atom stereocenters. The number of carbonyl (C=O) groups is 2. The molecule has 0 spiro atoms. The molecule has 0 radical (unpaired) electrons. The van der Waals surface area contributed by atoms with Gasteiger partial charge in [-0.05, 0) is 20.0 Å². The minimum absolute atomic E-state index is 0.0266. The lowest BCUT2D eigenvalue weighted by Crippen LogP contribution is -2.51. The van der Waals surface area contributed by atoms with E-state index in [-0.39, 0.29) is 6.42 Å². The zero-order chi connectivity index (χ0) is 12.2. The number of primary amides is 2. The molecule has 5 N–H and O–H groups in total. The van der Waals surface area contributed by atoms with Crippen LogP contribution in [0.15, 0.2) is 0 Å². The van der Waals surface area contributed by atoms with Gasteiger partial charge in [-0.15, -0.1) is 0 Å². The van der Waals surface area contributed by atoms with Gasteiger partial charge < -0.3 is 16.6 Å². The number of aliphatic hydroxyl groups excluding tert-OH is 1. The lowest BCUT2D eigenvalue weighted by atomic mass is 9.93. The van der Waals surface area contributed by atoms with Crippen molar-refractivity contribution in [2.75, 3.05) is 14.1 Å². The van der Waals surface area contributed by atoms with E-state index in [9.17, 15) is 14.7 Å². The van der Waals surface area contributed by atoms with Crippen LogP contribution in [0.3, 0.4) is 0 Å². The number of amides is 2. The number of hydrogen-bond donors (Lipinski definition) is 3. The van der Waals surface area contributed by atoms with E-state index in [0.29, 0.717) is 0 Å². The number of hydrogen-bond acceptors (Lipinski definition) is 4. The summed E-state index contributed by atoms with van der Waals surface area (Å²) in [5, 5.41) is 9.82. The number of rotatable bonds is 6. The van der Waals surface area contributed by atoms with Crippen molar-refractivity contribution in [2.24, 2.45) is 17.4 Å². The largest absolute Gasteiger partial charge is 0.391 e. The summed E-state index contributed by atoms with van der Waals surface area (Å²) >= 11 is 0. The third kappa shape index (κ3) is 4.26. The maximum absolute atomic E-state index is 11.1. The van der Waals surface area contributed by atoms with E-state index in [1.54, 1.807) is 21.0 Å². The summed E-state index contributed by atoms with van der Waals surface area (Å²) in [6.45, 7) is 1.65. The van der Waals surface area contributed by atoms with Gasteiger partial charge >= 0.3 is 0 Å². The Morgan fingerprint density at radius 2 is 1.80 bits per heavy atom. The third-order valence-electron chi connectivity index (χ3n) is 2.28. The first-order valence-electron chi connectivity index (χ1n) is 4.69. The highest BCUT2D eigenvalue weighted by atomic mass is 16.3. The molecule has 6 heteroatoms. The third-order valence-corrected chi connectivity index (χ3v) is 2.28. The molecule has 0 aliphatic rings. The molecule has 0 fully saturated rings. The molecule has 0 saturated heterocycles. The Hall–Kier alpha value is -1.14. The summed E-state index contributed by atoms with van der Waals surface area (Å²) in [6, 6.07) is -0.806. The second-order valence-corrected chi connectivity index (χ2v) is 3.95. The average molecular weight is 217 g/mol. The summed E-state index contributed by atoms with van der Waals surface area (Å²) in [4.78, 5) is 23.3. The van der Waals surface area contributed by atoms with E-state index >= 15 is 0 Å². The number of carbonyl (C=O) groups excluding carboxylic acids is 2. The normalized spacial score (nSPS) is 17.1. The van der Waals surface area contributed by atoms with Crippen molar-refractivity contribution < 1.29 is 14.7 Å². The minimum atomic E-state index is -0.995. The summed E-state index contributed by atoms with van der Waals surface area (Å²) in [7, 11) is 3.27. The number of nitrogens with zero attached hydrogens (tertiary/aromatic N) is 1. The molecule has 0 bridgehead atoms. The smallest absolute Gasteiger partial charge is 0.237 e. The summed E-state index contributed by atoms with van der Waals surface area (Å²) in [5.74, 6) is -1.53. The van der Waals surface area contributed by atoms with Gasteiger partial charge in [0.1, 0.15) is 6.04 Å². The Morgan fingerprint density at radius 3 is 2.07 bits per heavy atom. The van der Waals surface area contributed by atoms with Crippen molar-refractivity contribution in [3.8, 4) is 0 Å². The van der Waals surface area contributed by atoms with Crippen LogP contribution in [0.5, 0.6) is 0 Å². The molecule has 0 aliphatic heterocycles. The minimum Gasteiger partial charge on any atom is -0.391 e. The van der Waals surface area contributed by atoms with Gasteiger partial charge in [0.05, 0.1) is 6.10 Å². The Labute approximate surface area is 89.2 Å². The molecule has 88 valence electrons. The summed E-state index contributed by atoms with van der Waals surface area (Å²) in [6.07, 6.45) is -0.969. The summed E-state index contributed by atoms with van der Waals surface area (Å²) < 4.78 is 0. The molecule has 2 amide bonds. The fourth-order valence-electron chi connectivity index (χ4n) is 1.48. The lowest BCUT2D eigenvalue weighted by Gasteiger charge is -2.29. The van der Waals surface area contributed by atoms with E-state index in [1.165, 1.54) is 4.90 Å². The van der Waals surface area contributed by atoms with Crippen LogP contribution >= 0.6 is 0 Å². The SMILES string of the molecule is CC(CC(N)=O)C(O)C(C(N)=O)N(C)C. The second-order valence-electron chi connectivity index (χ2n) is 3.95. The number of aliphatic hydroxyl groups is 1. The van der Waals surface area contributed by atoms with Gasteiger partial charge in [0.2, 0.25) is 11.8 Å². The van der Waals surface area contributed by atoms with Gasteiger partial charge in [-0.25, -0.2) is 0 Å². The van der Waals surface area contributed by atoms with E-state index in [1.807, 2.05) is 0 Å². The van der Waals surface area contributed by atoms with E-state index < -0.39 is 29.9 Å². The van der Waals surface area contributed by atoms with Crippen LogP contribution in [0.25, 0.3) is 0 Å². The van der Waals surface area contributed by atoms with Crippen molar-refractivity contribution in [1.29, 1.82) is 0 Å². The van der Waals surface area contributed by atoms with E-state index in [0.717, 1.165) is 0 Å². The maximum atomic E-state index is 11.1. The van der Waals surface area contributed by atoms with Crippen LogP contribution in [0.4, 0.5) is 0 Å². The maximum Gasteiger partial charge on any atom is 0.237 e. The monoisotopic (exact) mass is 217 g/mol. The molecule has 0 aromatic rings. The van der Waals surface area contributed by atoms with Crippen molar-refractivity contribution in [3.63, 3.8) is 0 Å². The molecule has 6 nitrogen and oxygen atoms in total. The quantitative estimate of drug-likeness (QED) is 0.491. The van der Waals surface area contributed by atoms with E-state index in [4.69, 9.17) is 11.5 Å². The fourth-order valence-corrected chi connectivity index (χ4v) is 1.48. The summed E-state index contributed by atoms with van der Waals surface area (Å²) in [5.41, 5.74) is 10.2. The van der Waals surface area contributed by atoms with Gasteiger partial charge in [0, 0.05) is 6.42 Å². The molecular formula is C9H19N3O3. The van der Waals surface area contributed by atoms with Crippen molar-refractivity contribution in [1.82, 2.24) is 4.90 Å². The molecule has 0 rings (SSSR count). The molecule has 0 aliphatic carbocycles. The van der Waals surface area contributed by atoms with Crippen LogP contribution in [-0.2, 0) is 9.59 Å². The van der Waals surface area contributed by atoms with Crippen molar-refractivity contribution in [2.45, 2.75) is 25.5 Å². The average Bonchev–Trinajstić information content (AvgIpc) is 2.00. The van der Waals surface area contributed by atoms with E-state index in [2.05, 4.69) is 0 Å². The van der Waals surface area contributed by atoms with Gasteiger partial charge in [-0.1, -0.05) is 6.92 Å². The first kappa shape index (κ1) is 13.9. The highest BCUT2D eigenvalue weighted by Crippen LogP contribution is 2.14. The van der Waals surface area contributed by atoms with Crippen molar-refractivity contribution >= 4 is 11.8 Å². The van der Waals surface area contributed by atoms with Crippen LogP contribution in [-0.4, -0.2) is 48.1 Å². The Bertz CT molecular complexity index is 243.